The highest BCUT2D eigenvalue weighted by atomic mass is 16.5. The Kier molecular flexibility index (Phi) is 3.97. The van der Waals surface area contributed by atoms with E-state index in [1.807, 2.05) is 0 Å². The third-order valence-corrected chi connectivity index (χ3v) is 3.04. The molecule has 4 amide bonds. The topological polar surface area (TPSA) is 97.0 Å². The monoisotopic (exact) mass is 293 g/mol. The van der Waals surface area contributed by atoms with E-state index in [-0.39, 0.29) is 12.1 Å². The van der Waals surface area contributed by atoms with Gasteiger partial charge in [-0.15, -0.1) is 0 Å². The molecule has 0 aromatic heterocycles. The van der Waals surface area contributed by atoms with E-state index in [1.165, 1.54) is 26.4 Å². The van der Waals surface area contributed by atoms with Crippen molar-refractivity contribution in [3.8, 4) is 11.5 Å². The molecule has 0 radical (unpaired) electrons. The number of benzene rings is 1. The maximum atomic E-state index is 12.1. The highest BCUT2D eigenvalue weighted by molar-refractivity contribution is 6.04. The Morgan fingerprint density at radius 3 is 2.24 bits per heavy atom. The van der Waals surface area contributed by atoms with Crippen molar-refractivity contribution in [2.75, 3.05) is 20.8 Å². The van der Waals surface area contributed by atoms with Crippen LogP contribution in [0, 0.1) is 6.92 Å². The Bertz CT molecular complexity index is 589. The summed E-state index contributed by atoms with van der Waals surface area (Å²) in [7, 11) is 2.96. The van der Waals surface area contributed by atoms with Gasteiger partial charge in [-0.2, -0.15) is 0 Å². The zero-order valence-corrected chi connectivity index (χ0v) is 11.9. The minimum atomic E-state index is -0.667. The maximum absolute atomic E-state index is 12.1. The molecule has 1 aliphatic heterocycles. The molecule has 1 fully saturated rings. The van der Waals surface area contributed by atoms with Gasteiger partial charge < -0.3 is 9.47 Å². The van der Waals surface area contributed by atoms with Gasteiger partial charge >= 0.3 is 6.03 Å². The molecule has 1 aromatic rings. The van der Waals surface area contributed by atoms with Crippen molar-refractivity contribution in [1.29, 1.82) is 0 Å². The van der Waals surface area contributed by atoms with Crippen molar-refractivity contribution in [3.05, 3.63) is 23.3 Å². The highest BCUT2D eigenvalue weighted by Crippen LogP contribution is 2.29. The van der Waals surface area contributed by atoms with Gasteiger partial charge in [-0.25, -0.2) is 9.80 Å². The van der Waals surface area contributed by atoms with Gasteiger partial charge in [0.25, 0.3) is 5.91 Å². The van der Waals surface area contributed by atoms with Gasteiger partial charge in [0, 0.05) is 11.1 Å². The van der Waals surface area contributed by atoms with E-state index < -0.39 is 17.8 Å². The van der Waals surface area contributed by atoms with Crippen LogP contribution in [-0.4, -0.2) is 43.6 Å². The molecule has 0 unspecified atom stereocenters. The summed E-state index contributed by atoms with van der Waals surface area (Å²) in [5.41, 5.74) is 3.35. The lowest BCUT2D eigenvalue weighted by molar-refractivity contribution is -0.118. The average Bonchev–Trinajstić information content (AvgIpc) is 2.77. The van der Waals surface area contributed by atoms with Crippen LogP contribution in [-0.2, 0) is 4.79 Å². The van der Waals surface area contributed by atoms with E-state index in [0.29, 0.717) is 11.5 Å². The molecule has 21 heavy (non-hydrogen) atoms. The number of carbonyl (C=O) groups excluding carboxylic acids is 3. The van der Waals surface area contributed by atoms with Crippen molar-refractivity contribution in [2.24, 2.45) is 0 Å². The van der Waals surface area contributed by atoms with Gasteiger partial charge in [0.2, 0.25) is 5.91 Å². The second-order valence-electron chi connectivity index (χ2n) is 4.39. The number of hydrazine groups is 1. The third kappa shape index (κ3) is 2.88. The number of imide groups is 1. The lowest BCUT2D eigenvalue weighted by Crippen LogP contribution is -2.44. The number of amides is 4. The number of urea groups is 1. The molecule has 0 spiro atoms. The summed E-state index contributed by atoms with van der Waals surface area (Å²) in [6.07, 6.45) is 0. The smallest absolute Gasteiger partial charge is 0.343 e. The van der Waals surface area contributed by atoms with Gasteiger partial charge in [-0.05, 0) is 19.1 Å². The van der Waals surface area contributed by atoms with Crippen LogP contribution in [0.15, 0.2) is 12.1 Å². The predicted molar refractivity (Wildman–Crippen MR) is 72.0 cm³/mol. The maximum Gasteiger partial charge on any atom is 0.343 e. The molecule has 2 rings (SSSR count). The SMILES string of the molecule is COc1cc(C(=O)NN2CC(=O)NC2=O)cc(OC)c1C. The van der Waals surface area contributed by atoms with Crippen LogP contribution in [0.5, 0.6) is 11.5 Å². The van der Waals surface area contributed by atoms with Crippen molar-refractivity contribution >= 4 is 17.8 Å². The van der Waals surface area contributed by atoms with Gasteiger partial charge in [-0.3, -0.25) is 20.3 Å². The van der Waals surface area contributed by atoms with Crippen LogP contribution in [0.25, 0.3) is 0 Å². The van der Waals surface area contributed by atoms with Crippen LogP contribution in [0.4, 0.5) is 4.79 Å². The zero-order valence-electron chi connectivity index (χ0n) is 11.9. The Morgan fingerprint density at radius 2 is 1.81 bits per heavy atom. The van der Waals surface area contributed by atoms with Crippen molar-refractivity contribution < 1.29 is 23.9 Å². The van der Waals surface area contributed by atoms with Gasteiger partial charge in [0.15, 0.2) is 0 Å². The van der Waals surface area contributed by atoms with Crippen molar-refractivity contribution in [3.63, 3.8) is 0 Å². The minimum Gasteiger partial charge on any atom is -0.496 e. The van der Waals surface area contributed by atoms with Crippen LogP contribution in [0.1, 0.15) is 15.9 Å². The number of nitrogens with one attached hydrogen (secondary N) is 2. The molecule has 2 N–H and O–H groups in total. The second-order valence-corrected chi connectivity index (χ2v) is 4.39. The summed E-state index contributed by atoms with van der Waals surface area (Å²) < 4.78 is 10.4. The first-order valence-corrected chi connectivity index (χ1v) is 6.11. The Labute approximate surface area is 121 Å². The number of hydrogen-bond acceptors (Lipinski definition) is 5. The first kappa shape index (κ1) is 14.6. The van der Waals surface area contributed by atoms with E-state index in [0.717, 1.165) is 10.6 Å². The molecule has 0 aliphatic carbocycles. The van der Waals surface area contributed by atoms with Crippen LogP contribution >= 0.6 is 0 Å². The normalized spacial score (nSPS) is 14.0. The van der Waals surface area contributed by atoms with Gasteiger partial charge in [0.05, 0.1) is 14.2 Å². The first-order valence-electron chi connectivity index (χ1n) is 6.11. The molecule has 8 nitrogen and oxygen atoms in total. The zero-order chi connectivity index (χ0) is 15.6. The van der Waals surface area contributed by atoms with Crippen LogP contribution in [0.2, 0.25) is 0 Å². The lowest BCUT2D eigenvalue weighted by atomic mass is 10.1. The molecule has 8 heteroatoms. The lowest BCUT2D eigenvalue weighted by Gasteiger charge is -2.16. The molecular weight excluding hydrogens is 278 g/mol. The van der Waals surface area contributed by atoms with E-state index in [2.05, 4.69) is 10.7 Å². The fraction of sp³-hybridized carbons (Fsp3) is 0.308. The highest BCUT2D eigenvalue weighted by Gasteiger charge is 2.28. The molecule has 1 saturated heterocycles. The summed E-state index contributed by atoms with van der Waals surface area (Å²) in [4.78, 5) is 34.6. The predicted octanol–water partition coefficient (Wildman–Crippen LogP) is 0.209. The van der Waals surface area contributed by atoms with Crippen LogP contribution in [0.3, 0.4) is 0 Å². The molecule has 1 heterocycles. The summed E-state index contributed by atoms with van der Waals surface area (Å²) >= 11 is 0. The average molecular weight is 293 g/mol. The van der Waals surface area contributed by atoms with Crippen molar-refractivity contribution in [2.45, 2.75) is 6.92 Å². The minimum absolute atomic E-state index is 0.218. The summed E-state index contributed by atoms with van der Waals surface area (Å²) in [6.45, 7) is 1.58. The number of nitrogens with zero attached hydrogens (tertiary/aromatic N) is 1. The molecule has 1 aliphatic rings. The molecule has 0 atom stereocenters. The van der Waals surface area contributed by atoms with E-state index in [1.54, 1.807) is 6.92 Å². The summed E-state index contributed by atoms with van der Waals surface area (Å²) in [5, 5.41) is 2.97. The van der Waals surface area contributed by atoms with Gasteiger partial charge in [-0.1, -0.05) is 0 Å². The standard InChI is InChI=1S/C13H15N3O5/c1-7-9(20-2)4-8(5-10(7)21-3)12(18)15-16-6-11(17)14-13(16)19/h4-5H,6H2,1-3H3,(H,15,18)(H,14,17,19). The van der Waals surface area contributed by atoms with Gasteiger partial charge in [0.1, 0.15) is 18.0 Å². The number of rotatable bonds is 4. The number of methoxy groups -OCH3 is 2. The van der Waals surface area contributed by atoms with Crippen LogP contribution < -0.4 is 20.2 Å². The number of hydrogen-bond donors (Lipinski definition) is 2. The fourth-order valence-corrected chi connectivity index (χ4v) is 1.94. The molecule has 0 saturated carbocycles. The number of carbonyl (C=O) groups is 3. The molecule has 1 aromatic carbocycles. The Balaban J connectivity index is 2.23. The quantitative estimate of drug-likeness (QED) is 0.773. The largest absolute Gasteiger partial charge is 0.496 e. The second kappa shape index (κ2) is 5.70. The summed E-state index contributed by atoms with van der Waals surface area (Å²) in [5.74, 6) is -0.0429. The molecule has 112 valence electrons. The molecular formula is C13H15N3O5. The summed E-state index contributed by atoms with van der Waals surface area (Å²) in [6, 6.07) is 2.39. The third-order valence-electron chi connectivity index (χ3n) is 3.04. The van der Waals surface area contributed by atoms with Crippen molar-refractivity contribution in [1.82, 2.24) is 15.8 Å². The Morgan fingerprint density at radius 1 is 1.24 bits per heavy atom. The number of ether oxygens (including phenoxy) is 2. The van der Waals surface area contributed by atoms with E-state index in [4.69, 9.17) is 9.47 Å². The van der Waals surface area contributed by atoms with E-state index >= 15 is 0 Å². The molecule has 0 bridgehead atoms. The Hall–Kier alpha value is -2.77. The first-order chi connectivity index (χ1) is 9.96. The van der Waals surface area contributed by atoms with E-state index in [9.17, 15) is 14.4 Å². The fourth-order valence-electron chi connectivity index (χ4n) is 1.94.